The summed E-state index contributed by atoms with van der Waals surface area (Å²) in [7, 11) is -1.64. The van der Waals surface area contributed by atoms with Crippen LogP contribution in [0.1, 0.15) is 10.4 Å². The second kappa shape index (κ2) is 5.31. The third-order valence-corrected chi connectivity index (χ3v) is 5.62. The van der Waals surface area contributed by atoms with E-state index in [0.29, 0.717) is 24.5 Å². The van der Waals surface area contributed by atoms with E-state index in [1.807, 2.05) is 0 Å². The number of hydrogen-bond donors (Lipinski definition) is 0. The van der Waals surface area contributed by atoms with Crippen LogP contribution in [0.15, 0.2) is 24.3 Å². The Morgan fingerprint density at radius 3 is 2.86 bits per heavy atom. The van der Waals surface area contributed by atoms with Crippen LogP contribution in [0.3, 0.4) is 0 Å². The zero-order valence-electron chi connectivity index (χ0n) is 11.7. The van der Waals surface area contributed by atoms with Gasteiger partial charge in [-0.3, -0.25) is 4.79 Å². The van der Waals surface area contributed by atoms with Crippen LogP contribution < -0.4 is 4.74 Å². The fourth-order valence-electron chi connectivity index (χ4n) is 2.94. The number of ether oxygens (including phenoxy) is 2. The average Bonchev–Trinajstić information content (AvgIpc) is 2.80. The molecule has 0 radical (unpaired) electrons. The molecule has 2 fully saturated rings. The summed E-state index contributed by atoms with van der Waals surface area (Å²) in [5.74, 6) is 0.251. The molecule has 2 heterocycles. The van der Waals surface area contributed by atoms with Crippen LogP contribution in [0.4, 0.5) is 0 Å². The zero-order valence-corrected chi connectivity index (χ0v) is 12.5. The lowest BCUT2D eigenvalue weighted by molar-refractivity contribution is -0.0362. The van der Waals surface area contributed by atoms with Crippen molar-refractivity contribution in [3.63, 3.8) is 0 Å². The molecule has 1 amide bonds. The van der Waals surface area contributed by atoms with E-state index >= 15 is 0 Å². The number of hydrogen-bond acceptors (Lipinski definition) is 5. The van der Waals surface area contributed by atoms with Crippen LogP contribution in [0.5, 0.6) is 5.75 Å². The largest absolute Gasteiger partial charge is 0.496 e. The minimum atomic E-state index is -3.14. The molecule has 0 saturated carbocycles. The summed E-state index contributed by atoms with van der Waals surface area (Å²) in [6.07, 6.45) is -0.414. The van der Waals surface area contributed by atoms with Crippen LogP contribution in [0, 0.1) is 0 Å². The number of fused-ring (bicyclic) bond motifs is 1. The maximum absolute atomic E-state index is 12.7. The van der Waals surface area contributed by atoms with Gasteiger partial charge in [-0.15, -0.1) is 0 Å². The molecule has 2 aliphatic rings. The van der Waals surface area contributed by atoms with Gasteiger partial charge in [0.15, 0.2) is 9.84 Å². The van der Waals surface area contributed by atoms with Gasteiger partial charge in [-0.2, -0.15) is 0 Å². The Morgan fingerprint density at radius 2 is 2.10 bits per heavy atom. The number of para-hydroxylation sites is 1. The monoisotopic (exact) mass is 311 g/mol. The molecular formula is C14H17NO5S. The summed E-state index contributed by atoms with van der Waals surface area (Å²) in [4.78, 5) is 14.3. The molecule has 0 bridgehead atoms. The van der Waals surface area contributed by atoms with Crippen molar-refractivity contribution in [2.75, 3.05) is 31.8 Å². The molecule has 2 aliphatic heterocycles. The van der Waals surface area contributed by atoms with Crippen molar-refractivity contribution in [1.29, 1.82) is 0 Å². The molecule has 114 valence electrons. The van der Waals surface area contributed by atoms with Crippen LogP contribution in [0.25, 0.3) is 0 Å². The standard InChI is InChI=1S/C14H17NO5S/c1-19-12-5-3-2-4-10(12)14(16)15-6-7-20-13-9-21(17,18)8-11(13)15/h2-5,11,13H,6-9H2,1H3. The second-order valence-electron chi connectivity index (χ2n) is 5.25. The van der Waals surface area contributed by atoms with Crippen molar-refractivity contribution in [3.8, 4) is 5.75 Å². The topological polar surface area (TPSA) is 72.9 Å². The number of amides is 1. The fourth-order valence-corrected chi connectivity index (χ4v) is 4.81. The first kappa shape index (κ1) is 14.3. The molecule has 21 heavy (non-hydrogen) atoms. The lowest BCUT2D eigenvalue weighted by Crippen LogP contribution is -2.53. The first-order valence-corrected chi connectivity index (χ1v) is 8.60. The summed E-state index contributed by atoms with van der Waals surface area (Å²) in [6, 6.07) is 6.56. The highest BCUT2D eigenvalue weighted by molar-refractivity contribution is 7.91. The van der Waals surface area contributed by atoms with Gasteiger partial charge in [0.1, 0.15) is 5.75 Å². The lowest BCUT2D eigenvalue weighted by atomic mass is 10.1. The van der Waals surface area contributed by atoms with E-state index in [4.69, 9.17) is 9.47 Å². The quantitative estimate of drug-likeness (QED) is 0.787. The maximum atomic E-state index is 12.7. The first-order valence-electron chi connectivity index (χ1n) is 6.78. The van der Waals surface area contributed by atoms with E-state index in [1.165, 1.54) is 7.11 Å². The number of carbonyl (C=O) groups is 1. The molecule has 1 aromatic carbocycles. The van der Waals surface area contributed by atoms with Gasteiger partial charge in [-0.05, 0) is 12.1 Å². The molecule has 2 atom stereocenters. The predicted octanol–water partition coefficient (Wildman–Crippen LogP) is 0.333. The van der Waals surface area contributed by atoms with Crippen LogP contribution in [0.2, 0.25) is 0 Å². The molecule has 0 aromatic heterocycles. The van der Waals surface area contributed by atoms with Crippen LogP contribution in [-0.4, -0.2) is 63.1 Å². The highest BCUT2D eigenvalue weighted by Crippen LogP contribution is 2.28. The smallest absolute Gasteiger partial charge is 0.258 e. The first-order chi connectivity index (χ1) is 10.0. The zero-order chi connectivity index (χ0) is 15.0. The maximum Gasteiger partial charge on any atom is 0.258 e. The van der Waals surface area contributed by atoms with Gasteiger partial charge in [0.2, 0.25) is 0 Å². The molecule has 0 aliphatic carbocycles. The predicted molar refractivity (Wildman–Crippen MR) is 76.2 cm³/mol. The van der Waals surface area contributed by atoms with Gasteiger partial charge in [0, 0.05) is 6.54 Å². The van der Waals surface area contributed by atoms with Crippen LogP contribution in [-0.2, 0) is 14.6 Å². The Hall–Kier alpha value is -1.60. The van der Waals surface area contributed by atoms with Gasteiger partial charge in [0.05, 0.1) is 42.9 Å². The van der Waals surface area contributed by atoms with Crippen molar-refractivity contribution >= 4 is 15.7 Å². The van der Waals surface area contributed by atoms with Gasteiger partial charge in [-0.1, -0.05) is 12.1 Å². The average molecular weight is 311 g/mol. The fraction of sp³-hybridized carbons (Fsp3) is 0.500. The number of methoxy groups -OCH3 is 1. The van der Waals surface area contributed by atoms with E-state index in [2.05, 4.69) is 0 Å². The van der Waals surface area contributed by atoms with Gasteiger partial charge in [0.25, 0.3) is 5.91 Å². The molecule has 6 nitrogen and oxygen atoms in total. The lowest BCUT2D eigenvalue weighted by Gasteiger charge is -2.36. The number of nitrogens with zero attached hydrogens (tertiary/aromatic N) is 1. The normalized spacial score (nSPS) is 27.2. The summed E-state index contributed by atoms with van der Waals surface area (Å²) in [5, 5.41) is 0. The SMILES string of the molecule is COc1ccccc1C(=O)N1CCOC2CS(=O)(=O)CC21. The molecule has 3 rings (SSSR count). The molecule has 0 spiro atoms. The number of sulfone groups is 1. The highest BCUT2D eigenvalue weighted by Gasteiger charge is 2.46. The van der Waals surface area contributed by atoms with Gasteiger partial charge < -0.3 is 14.4 Å². The second-order valence-corrected chi connectivity index (χ2v) is 7.41. The van der Waals surface area contributed by atoms with E-state index < -0.39 is 22.0 Å². The highest BCUT2D eigenvalue weighted by atomic mass is 32.2. The molecule has 7 heteroatoms. The minimum Gasteiger partial charge on any atom is -0.496 e. The minimum absolute atomic E-state index is 0.00658. The van der Waals surface area contributed by atoms with Crippen molar-refractivity contribution < 1.29 is 22.7 Å². The summed E-state index contributed by atoms with van der Waals surface area (Å²) in [6.45, 7) is 0.755. The van der Waals surface area contributed by atoms with Crippen molar-refractivity contribution in [2.24, 2.45) is 0 Å². The van der Waals surface area contributed by atoms with Gasteiger partial charge >= 0.3 is 0 Å². The number of rotatable bonds is 2. The Balaban J connectivity index is 1.90. The van der Waals surface area contributed by atoms with Gasteiger partial charge in [-0.25, -0.2) is 8.42 Å². The molecule has 1 aromatic rings. The van der Waals surface area contributed by atoms with Crippen molar-refractivity contribution in [3.05, 3.63) is 29.8 Å². The summed E-state index contributed by atoms with van der Waals surface area (Å²) >= 11 is 0. The Morgan fingerprint density at radius 1 is 1.33 bits per heavy atom. The van der Waals surface area contributed by atoms with E-state index in [0.717, 1.165) is 0 Å². The summed E-state index contributed by atoms with van der Waals surface area (Å²) in [5.41, 5.74) is 0.449. The van der Waals surface area contributed by atoms with E-state index in [9.17, 15) is 13.2 Å². The Labute approximate surface area is 123 Å². The number of carbonyl (C=O) groups excluding carboxylic acids is 1. The number of benzene rings is 1. The van der Waals surface area contributed by atoms with Crippen LogP contribution >= 0.6 is 0 Å². The van der Waals surface area contributed by atoms with Crippen molar-refractivity contribution in [1.82, 2.24) is 4.90 Å². The van der Waals surface area contributed by atoms with E-state index in [-0.39, 0.29) is 17.4 Å². The number of morpholine rings is 1. The molecular weight excluding hydrogens is 294 g/mol. The third kappa shape index (κ3) is 2.63. The molecule has 0 N–H and O–H groups in total. The van der Waals surface area contributed by atoms with Crippen molar-refractivity contribution in [2.45, 2.75) is 12.1 Å². The Bertz CT molecular complexity index is 657. The third-order valence-electron chi connectivity index (χ3n) is 3.93. The molecule has 2 saturated heterocycles. The molecule has 2 unspecified atom stereocenters. The Kier molecular flexibility index (Phi) is 3.62. The van der Waals surface area contributed by atoms with E-state index in [1.54, 1.807) is 29.2 Å². The summed E-state index contributed by atoms with van der Waals surface area (Å²) < 4.78 is 34.3.